The van der Waals surface area contributed by atoms with Crippen molar-refractivity contribution in [1.82, 2.24) is 25.1 Å². The van der Waals surface area contributed by atoms with E-state index in [0.717, 1.165) is 16.7 Å². The number of nitrogens with one attached hydrogen (secondary N) is 1. The molecule has 9 heteroatoms. The number of hydrazine groups is 1. The summed E-state index contributed by atoms with van der Waals surface area (Å²) in [4.78, 5) is 44.0. The van der Waals surface area contributed by atoms with E-state index in [-0.39, 0.29) is 37.5 Å². The standard InChI is InChI=1S/C31H35N5O4/c1-33-21-29(37)35-27(23-40-22-26-15-9-4-10-16-26)30(38)34(18-17-24-11-5-2-6-12-24)20-28(35)36(33)31(39)32-19-25-13-7-3-8-14-25/h2-16,27-28H,17-23H2,1H3,(H,32,39)/t27-,28-/m0/s1. The van der Waals surface area contributed by atoms with Crippen LogP contribution in [0.4, 0.5) is 4.79 Å². The predicted molar refractivity (Wildman–Crippen MR) is 150 cm³/mol. The Morgan fingerprint density at radius 3 is 2.12 bits per heavy atom. The highest BCUT2D eigenvalue weighted by atomic mass is 16.5. The number of amides is 4. The maximum Gasteiger partial charge on any atom is 0.334 e. The van der Waals surface area contributed by atoms with Crippen LogP contribution in [0.5, 0.6) is 0 Å². The van der Waals surface area contributed by atoms with Gasteiger partial charge in [0.1, 0.15) is 12.2 Å². The highest BCUT2D eigenvalue weighted by Crippen LogP contribution is 2.26. The summed E-state index contributed by atoms with van der Waals surface area (Å²) in [6, 6.07) is 28.2. The molecule has 2 aliphatic rings. The minimum Gasteiger partial charge on any atom is -0.374 e. The van der Waals surface area contributed by atoms with Gasteiger partial charge in [-0.1, -0.05) is 91.0 Å². The molecule has 0 radical (unpaired) electrons. The number of hydrogen-bond donors (Lipinski definition) is 1. The smallest absolute Gasteiger partial charge is 0.334 e. The van der Waals surface area contributed by atoms with Crippen molar-refractivity contribution < 1.29 is 19.1 Å². The average molecular weight is 542 g/mol. The lowest BCUT2D eigenvalue weighted by Crippen LogP contribution is -2.76. The van der Waals surface area contributed by atoms with E-state index < -0.39 is 12.2 Å². The molecule has 9 nitrogen and oxygen atoms in total. The van der Waals surface area contributed by atoms with Crippen molar-refractivity contribution in [3.63, 3.8) is 0 Å². The second kappa shape index (κ2) is 12.8. The summed E-state index contributed by atoms with van der Waals surface area (Å²) in [5.41, 5.74) is 3.07. The number of piperazine rings is 1. The Balaban J connectivity index is 1.36. The van der Waals surface area contributed by atoms with Crippen LogP contribution in [-0.2, 0) is 33.9 Å². The minimum absolute atomic E-state index is 0.0122. The van der Waals surface area contributed by atoms with Gasteiger partial charge in [0.25, 0.3) is 0 Å². The lowest BCUT2D eigenvalue weighted by atomic mass is 10.1. The molecule has 40 heavy (non-hydrogen) atoms. The molecule has 0 saturated carbocycles. The van der Waals surface area contributed by atoms with Crippen molar-refractivity contribution in [3.05, 3.63) is 108 Å². The third-order valence-corrected chi connectivity index (χ3v) is 7.33. The largest absolute Gasteiger partial charge is 0.374 e. The highest BCUT2D eigenvalue weighted by molar-refractivity contribution is 5.91. The van der Waals surface area contributed by atoms with E-state index in [4.69, 9.17) is 4.74 Å². The molecule has 0 aromatic heterocycles. The number of urea groups is 1. The molecule has 2 saturated heterocycles. The van der Waals surface area contributed by atoms with Gasteiger partial charge in [0.05, 0.1) is 26.3 Å². The number of likely N-dealkylation sites (N-methyl/N-ethyl adjacent to an activating group) is 1. The first-order chi connectivity index (χ1) is 19.5. The number of fused-ring (bicyclic) bond motifs is 1. The van der Waals surface area contributed by atoms with Gasteiger partial charge in [0.15, 0.2) is 0 Å². The molecule has 1 N–H and O–H groups in total. The third kappa shape index (κ3) is 6.32. The van der Waals surface area contributed by atoms with Crippen LogP contribution in [0.1, 0.15) is 16.7 Å². The van der Waals surface area contributed by atoms with E-state index in [0.29, 0.717) is 26.1 Å². The molecule has 0 unspecified atom stereocenters. The molecule has 3 aromatic carbocycles. The Morgan fingerprint density at radius 2 is 1.48 bits per heavy atom. The topological polar surface area (TPSA) is 85.4 Å². The Morgan fingerprint density at radius 1 is 0.875 bits per heavy atom. The summed E-state index contributed by atoms with van der Waals surface area (Å²) >= 11 is 0. The molecule has 2 atom stereocenters. The first-order valence-electron chi connectivity index (χ1n) is 13.6. The maximum atomic E-state index is 13.8. The van der Waals surface area contributed by atoms with Crippen molar-refractivity contribution in [3.8, 4) is 0 Å². The lowest BCUT2D eigenvalue weighted by Gasteiger charge is -2.54. The molecular formula is C31H35N5O4. The monoisotopic (exact) mass is 541 g/mol. The second-order valence-corrected chi connectivity index (χ2v) is 10.1. The fraction of sp³-hybridized carbons (Fsp3) is 0.323. The Labute approximate surface area is 234 Å². The first kappa shape index (κ1) is 27.4. The quantitative estimate of drug-likeness (QED) is 0.450. The fourth-order valence-corrected chi connectivity index (χ4v) is 5.30. The predicted octanol–water partition coefficient (Wildman–Crippen LogP) is 2.88. The van der Waals surface area contributed by atoms with Gasteiger partial charge < -0.3 is 19.9 Å². The minimum atomic E-state index is -0.830. The zero-order chi connectivity index (χ0) is 27.9. The fourth-order valence-electron chi connectivity index (χ4n) is 5.30. The van der Waals surface area contributed by atoms with Crippen LogP contribution in [0.15, 0.2) is 91.0 Å². The summed E-state index contributed by atoms with van der Waals surface area (Å²) < 4.78 is 5.99. The molecule has 3 aromatic rings. The van der Waals surface area contributed by atoms with E-state index in [9.17, 15) is 14.4 Å². The van der Waals surface area contributed by atoms with Crippen LogP contribution >= 0.6 is 0 Å². The molecule has 0 bridgehead atoms. The van der Waals surface area contributed by atoms with Crippen LogP contribution in [0.25, 0.3) is 0 Å². The van der Waals surface area contributed by atoms with Crippen molar-refractivity contribution in [2.45, 2.75) is 31.8 Å². The van der Waals surface area contributed by atoms with E-state index in [2.05, 4.69) is 5.32 Å². The summed E-state index contributed by atoms with van der Waals surface area (Å²) in [6.45, 7) is 1.39. The van der Waals surface area contributed by atoms with Gasteiger partial charge in [0.2, 0.25) is 11.8 Å². The van der Waals surface area contributed by atoms with Crippen LogP contribution in [-0.4, -0.2) is 83.2 Å². The summed E-state index contributed by atoms with van der Waals surface area (Å²) in [7, 11) is 1.73. The number of carbonyl (C=O) groups excluding carboxylic acids is 3. The second-order valence-electron chi connectivity index (χ2n) is 10.1. The average Bonchev–Trinajstić information content (AvgIpc) is 2.98. The van der Waals surface area contributed by atoms with Gasteiger partial charge >= 0.3 is 6.03 Å². The first-order valence-corrected chi connectivity index (χ1v) is 13.6. The zero-order valence-corrected chi connectivity index (χ0v) is 22.7. The molecular weight excluding hydrogens is 506 g/mol. The van der Waals surface area contributed by atoms with Gasteiger partial charge in [0, 0.05) is 20.1 Å². The number of hydrogen-bond acceptors (Lipinski definition) is 5. The van der Waals surface area contributed by atoms with E-state index in [1.807, 2.05) is 91.0 Å². The third-order valence-electron chi connectivity index (χ3n) is 7.33. The molecule has 2 heterocycles. The van der Waals surface area contributed by atoms with Crippen molar-refractivity contribution >= 4 is 17.8 Å². The number of rotatable bonds is 9. The SMILES string of the molecule is CN1CC(=O)N2[C@@H](COCc3ccccc3)C(=O)N(CCc3ccccc3)C[C@@H]2N1C(=O)NCc1ccccc1. The van der Waals surface area contributed by atoms with Crippen LogP contribution < -0.4 is 5.32 Å². The van der Waals surface area contributed by atoms with Crippen LogP contribution in [0.2, 0.25) is 0 Å². The Kier molecular flexibility index (Phi) is 8.73. The normalized spacial score (nSPS) is 19.5. The molecule has 2 fully saturated rings. The van der Waals surface area contributed by atoms with Gasteiger partial charge in [-0.2, -0.15) is 0 Å². The summed E-state index contributed by atoms with van der Waals surface area (Å²) in [5.74, 6) is -0.369. The van der Waals surface area contributed by atoms with Gasteiger partial charge in [-0.25, -0.2) is 14.8 Å². The van der Waals surface area contributed by atoms with Gasteiger partial charge in [-0.15, -0.1) is 0 Å². The number of nitrogens with zero attached hydrogens (tertiary/aromatic N) is 4. The van der Waals surface area contributed by atoms with Gasteiger partial charge in [-0.3, -0.25) is 9.59 Å². The molecule has 4 amide bonds. The zero-order valence-electron chi connectivity index (χ0n) is 22.7. The van der Waals surface area contributed by atoms with E-state index >= 15 is 0 Å². The van der Waals surface area contributed by atoms with Gasteiger partial charge in [-0.05, 0) is 23.1 Å². The number of benzene rings is 3. The molecule has 0 spiro atoms. The molecule has 208 valence electrons. The van der Waals surface area contributed by atoms with Crippen LogP contribution in [0.3, 0.4) is 0 Å². The summed E-state index contributed by atoms with van der Waals surface area (Å²) in [6.07, 6.45) is 0.0155. The Bertz CT molecular complexity index is 1290. The molecule has 0 aliphatic carbocycles. The van der Waals surface area contributed by atoms with Crippen molar-refractivity contribution in [2.75, 3.05) is 33.3 Å². The van der Waals surface area contributed by atoms with E-state index in [1.54, 1.807) is 26.9 Å². The maximum absolute atomic E-state index is 13.8. The number of ether oxygens (including phenoxy) is 1. The van der Waals surface area contributed by atoms with Crippen molar-refractivity contribution in [2.24, 2.45) is 0 Å². The summed E-state index contributed by atoms with van der Waals surface area (Å²) in [5, 5.41) is 6.18. The Hall–Kier alpha value is -4.21. The number of carbonyl (C=O) groups is 3. The molecule has 5 rings (SSSR count). The molecule has 2 aliphatic heterocycles. The van der Waals surface area contributed by atoms with Crippen LogP contribution in [0, 0.1) is 0 Å². The van der Waals surface area contributed by atoms with Crippen molar-refractivity contribution in [1.29, 1.82) is 0 Å². The highest BCUT2D eigenvalue weighted by Gasteiger charge is 2.50. The van der Waals surface area contributed by atoms with E-state index in [1.165, 1.54) is 0 Å². The lowest BCUT2D eigenvalue weighted by molar-refractivity contribution is -0.190.